The van der Waals surface area contributed by atoms with E-state index in [4.69, 9.17) is 17.3 Å². The Kier molecular flexibility index (Phi) is 5.32. The summed E-state index contributed by atoms with van der Waals surface area (Å²) in [7, 11) is -3.91. The Hall–Kier alpha value is -0.690. The van der Waals surface area contributed by atoms with Crippen molar-refractivity contribution in [3.05, 3.63) is 29.0 Å². The number of nitrogens with one attached hydrogen (secondary N) is 1. The molecule has 0 radical (unpaired) electrons. The highest BCUT2D eigenvalue weighted by Crippen LogP contribution is 2.25. The highest BCUT2D eigenvalue weighted by molar-refractivity contribution is 7.89. The summed E-state index contributed by atoms with van der Waals surface area (Å²) >= 11 is 5.82. The van der Waals surface area contributed by atoms with Crippen molar-refractivity contribution in [3.8, 4) is 0 Å². The van der Waals surface area contributed by atoms with E-state index in [1.807, 2.05) is 13.8 Å². The summed E-state index contributed by atoms with van der Waals surface area (Å²) in [6.07, 6.45) is 1.07. The first-order chi connectivity index (χ1) is 8.80. The molecule has 0 atom stereocenters. The Labute approximate surface area is 118 Å². The zero-order valence-electron chi connectivity index (χ0n) is 10.9. The third-order valence-electron chi connectivity index (χ3n) is 3.28. The van der Waals surface area contributed by atoms with Crippen molar-refractivity contribution in [2.45, 2.75) is 37.1 Å². The molecule has 0 aromatic heterocycles. The second kappa shape index (κ2) is 6.17. The molecule has 0 saturated heterocycles. The van der Waals surface area contributed by atoms with Gasteiger partial charge in [-0.2, -0.15) is 0 Å². The van der Waals surface area contributed by atoms with Crippen molar-refractivity contribution in [2.24, 2.45) is 5.73 Å². The van der Waals surface area contributed by atoms with E-state index in [0.29, 0.717) is 12.8 Å². The maximum atomic E-state index is 13.2. The number of sulfonamides is 1. The van der Waals surface area contributed by atoms with Crippen LogP contribution in [0.1, 0.15) is 26.7 Å². The van der Waals surface area contributed by atoms with Crippen molar-refractivity contribution < 1.29 is 12.8 Å². The summed E-state index contributed by atoms with van der Waals surface area (Å²) in [4.78, 5) is -0.270. The van der Waals surface area contributed by atoms with E-state index < -0.39 is 21.4 Å². The lowest BCUT2D eigenvalue weighted by molar-refractivity contribution is 0.363. The molecule has 0 bridgehead atoms. The lowest BCUT2D eigenvalue weighted by atomic mass is 9.95. The molecule has 0 heterocycles. The average Bonchev–Trinajstić information content (AvgIpc) is 2.39. The normalized spacial score (nSPS) is 12.7. The van der Waals surface area contributed by atoms with Gasteiger partial charge in [0.05, 0.1) is 5.02 Å². The second-order valence-electron chi connectivity index (χ2n) is 4.37. The smallest absolute Gasteiger partial charge is 0.242 e. The van der Waals surface area contributed by atoms with Gasteiger partial charge in [0.1, 0.15) is 10.7 Å². The van der Waals surface area contributed by atoms with Gasteiger partial charge in [-0.05, 0) is 31.0 Å². The van der Waals surface area contributed by atoms with Gasteiger partial charge in [-0.25, -0.2) is 17.5 Å². The van der Waals surface area contributed by atoms with Crippen LogP contribution in [0.25, 0.3) is 0 Å². The predicted molar refractivity (Wildman–Crippen MR) is 74.1 cm³/mol. The van der Waals surface area contributed by atoms with Gasteiger partial charge < -0.3 is 5.73 Å². The molecule has 1 aromatic carbocycles. The van der Waals surface area contributed by atoms with Gasteiger partial charge in [-0.15, -0.1) is 0 Å². The topological polar surface area (TPSA) is 72.2 Å². The molecule has 0 fully saturated rings. The van der Waals surface area contributed by atoms with Crippen LogP contribution >= 0.6 is 11.6 Å². The molecule has 0 aliphatic rings. The minimum absolute atomic E-state index is 0.0213. The summed E-state index contributed by atoms with van der Waals surface area (Å²) in [5.41, 5.74) is 4.91. The standard InChI is InChI=1S/C12H18ClFN2O2S/c1-3-12(4-2,8-15)16-19(17,18)11-7-9(14)5-6-10(11)13/h5-7,16H,3-4,8,15H2,1-2H3. The van der Waals surface area contributed by atoms with Crippen molar-refractivity contribution >= 4 is 21.6 Å². The fraction of sp³-hybridized carbons (Fsp3) is 0.500. The van der Waals surface area contributed by atoms with Gasteiger partial charge in [0.2, 0.25) is 10.0 Å². The molecule has 7 heteroatoms. The molecule has 0 saturated carbocycles. The molecule has 3 N–H and O–H groups in total. The Morgan fingerprint density at radius 3 is 2.42 bits per heavy atom. The highest BCUT2D eigenvalue weighted by atomic mass is 35.5. The number of hydrogen-bond acceptors (Lipinski definition) is 3. The van der Waals surface area contributed by atoms with Crippen molar-refractivity contribution in [3.63, 3.8) is 0 Å². The minimum atomic E-state index is -3.91. The largest absolute Gasteiger partial charge is 0.329 e. The molecule has 4 nitrogen and oxygen atoms in total. The Balaban J connectivity index is 3.21. The monoisotopic (exact) mass is 308 g/mol. The van der Waals surface area contributed by atoms with Crippen LogP contribution in [-0.2, 0) is 10.0 Å². The van der Waals surface area contributed by atoms with E-state index in [2.05, 4.69) is 4.72 Å². The highest BCUT2D eigenvalue weighted by Gasteiger charge is 2.31. The van der Waals surface area contributed by atoms with Gasteiger partial charge in [-0.3, -0.25) is 0 Å². The van der Waals surface area contributed by atoms with Crippen LogP contribution < -0.4 is 10.5 Å². The first-order valence-electron chi connectivity index (χ1n) is 5.99. The minimum Gasteiger partial charge on any atom is -0.329 e. The molecular weight excluding hydrogens is 291 g/mol. The van der Waals surface area contributed by atoms with Gasteiger partial charge >= 0.3 is 0 Å². The van der Waals surface area contributed by atoms with Gasteiger partial charge in [0.15, 0.2) is 0 Å². The number of halogens is 2. The average molecular weight is 309 g/mol. The molecule has 0 aliphatic heterocycles. The van der Waals surface area contributed by atoms with E-state index in [1.54, 1.807) is 0 Å². The predicted octanol–water partition coefficient (Wildman–Crippen LogP) is 2.27. The summed E-state index contributed by atoms with van der Waals surface area (Å²) in [5.74, 6) is -0.656. The molecule has 0 unspecified atom stereocenters. The van der Waals surface area contributed by atoms with Crippen LogP contribution in [-0.4, -0.2) is 20.5 Å². The molecule has 0 amide bonds. The lowest BCUT2D eigenvalue weighted by Crippen LogP contribution is -2.52. The molecule has 1 aromatic rings. The number of hydrogen-bond donors (Lipinski definition) is 2. The molecular formula is C12H18ClFN2O2S. The van der Waals surface area contributed by atoms with Crippen molar-refractivity contribution in [1.29, 1.82) is 0 Å². The Morgan fingerprint density at radius 2 is 1.95 bits per heavy atom. The SMILES string of the molecule is CCC(CC)(CN)NS(=O)(=O)c1cc(F)ccc1Cl. The molecule has 1 rings (SSSR count). The lowest BCUT2D eigenvalue weighted by Gasteiger charge is -2.31. The third-order valence-corrected chi connectivity index (χ3v) is 5.34. The Bertz CT molecular complexity index is 536. The van der Waals surface area contributed by atoms with Gasteiger partial charge in [-0.1, -0.05) is 25.4 Å². The van der Waals surface area contributed by atoms with Crippen LogP contribution in [0.4, 0.5) is 4.39 Å². The first kappa shape index (κ1) is 16.4. The second-order valence-corrected chi connectivity index (χ2v) is 6.43. The fourth-order valence-electron chi connectivity index (χ4n) is 1.75. The zero-order chi connectivity index (χ0) is 14.7. The molecule has 0 spiro atoms. The van der Waals surface area contributed by atoms with Crippen molar-refractivity contribution in [2.75, 3.05) is 6.54 Å². The zero-order valence-corrected chi connectivity index (χ0v) is 12.5. The summed E-state index contributed by atoms with van der Waals surface area (Å²) < 4.78 is 40.3. The van der Waals surface area contributed by atoms with Gasteiger partial charge in [0, 0.05) is 12.1 Å². The van der Waals surface area contributed by atoms with Crippen LogP contribution in [0.3, 0.4) is 0 Å². The van der Waals surface area contributed by atoms with E-state index in [-0.39, 0.29) is 16.5 Å². The number of benzene rings is 1. The molecule has 19 heavy (non-hydrogen) atoms. The Morgan fingerprint density at radius 1 is 1.37 bits per heavy atom. The van der Waals surface area contributed by atoms with Crippen LogP contribution in [0, 0.1) is 5.82 Å². The maximum Gasteiger partial charge on any atom is 0.242 e. The van der Waals surface area contributed by atoms with Crippen LogP contribution in [0.15, 0.2) is 23.1 Å². The summed E-state index contributed by atoms with van der Waals surface area (Å²) in [6, 6.07) is 3.22. The van der Waals surface area contributed by atoms with E-state index >= 15 is 0 Å². The molecule has 108 valence electrons. The first-order valence-corrected chi connectivity index (χ1v) is 7.85. The fourth-order valence-corrected chi connectivity index (χ4v) is 3.81. The van der Waals surface area contributed by atoms with Crippen LogP contribution in [0.5, 0.6) is 0 Å². The third kappa shape index (κ3) is 3.66. The number of rotatable bonds is 6. The summed E-state index contributed by atoms with van der Waals surface area (Å²) in [6.45, 7) is 3.84. The van der Waals surface area contributed by atoms with Crippen LogP contribution in [0.2, 0.25) is 5.02 Å². The van der Waals surface area contributed by atoms with Crippen molar-refractivity contribution in [1.82, 2.24) is 4.72 Å². The van der Waals surface area contributed by atoms with Gasteiger partial charge in [0.25, 0.3) is 0 Å². The summed E-state index contributed by atoms with van der Waals surface area (Å²) in [5, 5.41) is -0.0213. The van der Waals surface area contributed by atoms with E-state index in [0.717, 1.165) is 12.1 Å². The van der Waals surface area contributed by atoms with E-state index in [9.17, 15) is 12.8 Å². The number of nitrogens with two attached hydrogens (primary N) is 1. The maximum absolute atomic E-state index is 13.2. The quantitative estimate of drug-likeness (QED) is 0.847. The van der Waals surface area contributed by atoms with E-state index in [1.165, 1.54) is 6.07 Å². The molecule has 0 aliphatic carbocycles.